The van der Waals surface area contributed by atoms with Gasteiger partial charge >= 0.3 is 0 Å². The zero-order valence-electron chi connectivity index (χ0n) is 11.4. The number of anilines is 2. The van der Waals surface area contributed by atoms with Crippen LogP contribution in [0.5, 0.6) is 5.75 Å². The molecule has 1 aromatic carbocycles. The number of hydrogen-bond donors (Lipinski definition) is 1. The number of nitrogens with zero attached hydrogens (tertiary/aromatic N) is 3. The van der Waals surface area contributed by atoms with Gasteiger partial charge in [0.1, 0.15) is 12.4 Å². The molecular weight excluding hydrogens is 230 g/mol. The van der Waals surface area contributed by atoms with Crippen LogP contribution in [0.4, 0.5) is 11.4 Å². The molecule has 2 rings (SSSR count). The number of likely N-dealkylation sites (N-methyl/N-ethyl adjacent to an activating group) is 1. The molecule has 0 amide bonds. The van der Waals surface area contributed by atoms with Gasteiger partial charge < -0.3 is 24.5 Å². The second-order valence-corrected chi connectivity index (χ2v) is 4.87. The van der Waals surface area contributed by atoms with E-state index in [0.29, 0.717) is 6.61 Å². The molecule has 18 heavy (non-hydrogen) atoms. The Morgan fingerprint density at radius 2 is 1.89 bits per heavy atom. The van der Waals surface area contributed by atoms with Crippen LogP contribution >= 0.6 is 0 Å². The van der Waals surface area contributed by atoms with Crippen LogP contribution in [0.25, 0.3) is 0 Å². The number of fused-ring (bicyclic) bond motifs is 1. The minimum Gasteiger partial charge on any atom is -0.492 e. The van der Waals surface area contributed by atoms with Crippen molar-refractivity contribution in [2.75, 3.05) is 51.1 Å². The Bertz CT molecular complexity index is 423. The molecule has 0 bridgehead atoms. The number of aliphatic hydroxyl groups excluding tert-OH is 1. The minimum atomic E-state index is -0.600. The van der Waals surface area contributed by atoms with E-state index < -0.39 is 6.35 Å². The molecule has 0 fully saturated rings. The number of ether oxygens (including phenoxy) is 1. The van der Waals surface area contributed by atoms with Gasteiger partial charge in [0.05, 0.1) is 11.4 Å². The summed E-state index contributed by atoms with van der Waals surface area (Å²) in [5.74, 6) is 0.838. The highest BCUT2D eigenvalue weighted by atomic mass is 16.5. The first-order valence-corrected chi connectivity index (χ1v) is 6.06. The van der Waals surface area contributed by atoms with E-state index in [9.17, 15) is 5.11 Å². The van der Waals surface area contributed by atoms with Crippen LogP contribution in [-0.2, 0) is 0 Å². The predicted molar refractivity (Wildman–Crippen MR) is 73.3 cm³/mol. The lowest BCUT2D eigenvalue weighted by atomic mass is 10.2. The SMILES string of the molecule is CN(C)CCOc1ccc2c(c1)N(C)C(O)N2C. The third-order valence-corrected chi connectivity index (χ3v) is 3.21. The van der Waals surface area contributed by atoms with E-state index in [1.165, 1.54) is 0 Å². The zero-order valence-corrected chi connectivity index (χ0v) is 11.4. The molecule has 1 unspecified atom stereocenters. The fourth-order valence-corrected chi connectivity index (χ4v) is 2.03. The Morgan fingerprint density at radius 3 is 2.56 bits per heavy atom. The quantitative estimate of drug-likeness (QED) is 0.856. The fourth-order valence-electron chi connectivity index (χ4n) is 2.03. The standard InChI is InChI=1S/C13H21N3O2/c1-14(2)7-8-18-10-5-6-11-12(9-10)16(4)13(17)15(11)3/h5-6,9,13,17H,7-8H2,1-4H3. The summed E-state index contributed by atoms with van der Waals surface area (Å²) in [4.78, 5) is 5.74. The molecule has 1 heterocycles. The largest absolute Gasteiger partial charge is 0.492 e. The molecule has 0 saturated carbocycles. The molecule has 0 radical (unpaired) electrons. The molecule has 5 heteroatoms. The third kappa shape index (κ3) is 2.37. The summed E-state index contributed by atoms with van der Waals surface area (Å²) in [6, 6.07) is 5.89. The van der Waals surface area contributed by atoms with E-state index in [4.69, 9.17) is 4.74 Å². The van der Waals surface area contributed by atoms with E-state index in [0.717, 1.165) is 23.7 Å². The van der Waals surface area contributed by atoms with Crippen molar-refractivity contribution in [3.05, 3.63) is 18.2 Å². The highest BCUT2D eigenvalue weighted by Gasteiger charge is 2.29. The van der Waals surface area contributed by atoms with Crippen LogP contribution in [0.1, 0.15) is 0 Å². The molecule has 100 valence electrons. The van der Waals surface area contributed by atoms with Gasteiger partial charge in [0, 0.05) is 26.7 Å². The Kier molecular flexibility index (Phi) is 3.63. The lowest BCUT2D eigenvalue weighted by molar-refractivity contribution is 0.183. The van der Waals surface area contributed by atoms with E-state index in [-0.39, 0.29) is 0 Å². The average molecular weight is 251 g/mol. The van der Waals surface area contributed by atoms with Gasteiger partial charge in [0.15, 0.2) is 0 Å². The Balaban J connectivity index is 2.09. The average Bonchev–Trinajstić information content (AvgIpc) is 2.54. The van der Waals surface area contributed by atoms with Crippen molar-refractivity contribution in [3.8, 4) is 5.75 Å². The lowest BCUT2D eigenvalue weighted by Crippen LogP contribution is -2.38. The Labute approximate surface area is 108 Å². The van der Waals surface area contributed by atoms with Crippen LogP contribution in [0.3, 0.4) is 0 Å². The minimum absolute atomic E-state index is 0.600. The maximum absolute atomic E-state index is 9.93. The molecule has 0 spiro atoms. The molecule has 1 aromatic rings. The molecule has 1 aliphatic rings. The Hall–Kier alpha value is -1.46. The third-order valence-electron chi connectivity index (χ3n) is 3.21. The lowest BCUT2D eigenvalue weighted by Gasteiger charge is -2.21. The van der Waals surface area contributed by atoms with E-state index in [1.54, 1.807) is 0 Å². The first kappa shape index (κ1) is 13.0. The summed E-state index contributed by atoms with van der Waals surface area (Å²) < 4.78 is 5.69. The van der Waals surface area contributed by atoms with Crippen molar-refractivity contribution < 1.29 is 9.84 Å². The van der Waals surface area contributed by atoms with Gasteiger partial charge in [-0.25, -0.2) is 0 Å². The molecule has 5 nitrogen and oxygen atoms in total. The first-order chi connectivity index (χ1) is 8.50. The van der Waals surface area contributed by atoms with Gasteiger partial charge in [0.25, 0.3) is 0 Å². The molecular formula is C13H21N3O2. The van der Waals surface area contributed by atoms with Crippen LogP contribution < -0.4 is 14.5 Å². The second kappa shape index (κ2) is 5.04. The number of hydrogen-bond acceptors (Lipinski definition) is 5. The monoisotopic (exact) mass is 251 g/mol. The second-order valence-electron chi connectivity index (χ2n) is 4.87. The zero-order chi connectivity index (χ0) is 13.3. The van der Waals surface area contributed by atoms with Gasteiger partial charge in [-0.05, 0) is 26.2 Å². The van der Waals surface area contributed by atoms with Crippen LogP contribution in [-0.4, -0.2) is 57.7 Å². The molecule has 0 aliphatic carbocycles. The highest BCUT2D eigenvalue weighted by molar-refractivity contribution is 5.77. The van der Waals surface area contributed by atoms with Gasteiger partial charge in [-0.15, -0.1) is 0 Å². The summed E-state index contributed by atoms with van der Waals surface area (Å²) >= 11 is 0. The van der Waals surface area contributed by atoms with Gasteiger partial charge in [-0.2, -0.15) is 0 Å². The normalized spacial score (nSPS) is 18.4. The maximum atomic E-state index is 9.93. The van der Waals surface area contributed by atoms with Gasteiger partial charge in [-0.3, -0.25) is 0 Å². The summed E-state index contributed by atoms with van der Waals surface area (Å²) in [7, 11) is 7.78. The number of benzene rings is 1. The predicted octanol–water partition coefficient (Wildman–Crippen LogP) is 0.789. The van der Waals surface area contributed by atoms with Crippen molar-refractivity contribution >= 4 is 11.4 Å². The topological polar surface area (TPSA) is 39.2 Å². The van der Waals surface area contributed by atoms with Gasteiger partial charge in [0.2, 0.25) is 6.35 Å². The smallest absolute Gasteiger partial charge is 0.207 e. The highest BCUT2D eigenvalue weighted by Crippen LogP contribution is 2.39. The summed E-state index contributed by atoms with van der Waals surface area (Å²) in [5.41, 5.74) is 2.01. The van der Waals surface area contributed by atoms with E-state index in [2.05, 4.69) is 4.90 Å². The van der Waals surface area contributed by atoms with Crippen molar-refractivity contribution in [2.24, 2.45) is 0 Å². The van der Waals surface area contributed by atoms with Crippen molar-refractivity contribution in [3.63, 3.8) is 0 Å². The fraction of sp³-hybridized carbons (Fsp3) is 0.538. The summed E-state index contributed by atoms with van der Waals surface area (Å²) in [6.45, 7) is 1.54. The van der Waals surface area contributed by atoms with Crippen LogP contribution in [0, 0.1) is 0 Å². The molecule has 1 atom stereocenters. The molecule has 0 saturated heterocycles. The van der Waals surface area contributed by atoms with Gasteiger partial charge in [-0.1, -0.05) is 0 Å². The number of aliphatic hydroxyl groups is 1. The Morgan fingerprint density at radius 1 is 1.22 bits per heavy atom. The number of rotatable bonds is 4. The maximum Gasteiger partial charge on any atom is 0.207 e. The van der Waals surface area contributed by atoms with Crippen LogP contribution in [0.15, 0.2) is 18.2 Å². The molecule has 1 N–H and O–H groups in total. The van der Waals surface area contributed by atoms with Crippen molar-refractivity contribution in [1.29, 1.82) is 0 Å². The van der Waals surface area contributed by atoms with Crippen molar-refractivity contribution in [1.82, 2.24) is 4.90 Å². The van der Waals surface area contributed by atoms with Crippen LogP contribution in [0.2, 0.25) is 0 Å². The van der Waals surface area contributed by atoms with E-state index >= 15 is 0 Å². The molecule has 1 aliphatic heterocycles. The summed E-state index contributed by atoms with van der Waals surface area (Å²) in [5, 5.41) is 9.93. The molecule has 0 aromatic heterocycles. The van der Waals surface area contributed by atoms with E-state index in [1.807, 2.05) is 56.2 Å². The van der Waals surface area contributed by atoms with Crippen molar-refractivity contribution in [2.45, 2.75) is 6.35 Å². The summed E-state index contributed by atoms with van der Waals surface area (Å²) in [6.07, 6.45) is -0.600. The first-order valence-electron chi connectivity index (χ1n) is 6.06.